The van der Waals surface area contributed by atoms with Crippen molar-refractivity contribution < 1.29 is 23.4 Å². The average Bonchev–Trinajstić information content (AvgIpc) is 3.41. The summed E-state index contributed by atoms with van der Waals surface area (Å²) < 4.78 is 32.3. The molecule has 28 heavy (non-hydrogen) atoms. The number of anilines is 1. The van der Waals surface area contributed by atoms with Gasteiger partial charge in [-0.25, -0.2) is 13.8 Å². The Hall–Kier alpha value is -1.96. The van der Waals surface area contributed by atoms with E-state index in [2.05, 4.69) is 10.3 Å². The Morgan fingerprint density at radius 1 is 1.43 bits per heavy atom. The van der Waals surface area contributed by atoms with E-state index in [-0.39, 0.29) is 31.3 Å². The van der Waals surface area contributed by atoms with Crippen LogP contribution in [0.4, 0.5) is 14.5 Å². The number of halogens is 2. The van der Waals surface area contributed by atoms with Crippen LogP contribution in [-0.4, -0.2) is 53.8 Å². The number of alkyl halides is 2. The standard InChI is InChI=1S/C20H29F2N3O3/c1-13(2)8-19(3,12-26)24-17(27)15-6-7-16(25-10-20(21,22)11-25)18(23-15)28-9-14-4-5-14/h6-7,13-14,26H,4-5,8-12H2,1-3H3,(H,24,27). The first kappa shape index (κ1) is 20.8. The van der Waals surface area contributed by atoms with Crippen LogP contribution < -0.4 is 15.0 Å². The molecule has 1 saturated heterocycles. The fourth-order valence-corrected chi connectivity index (χ4v) is 3.46. The minimum absolute atomic E-state index is 0.144. The van der Waals surface area contributed by atoms with Crippen molar-refractivity contribution in [2.24, 2.45) is 11.8 Å². The molecule has 1 aliphatic carbocycles. The van der Waals surface area contributed by atoms with Crippen LogP contribution in [0.3, 0.4) is 0 Å². The van der Waals surface area contributed by atoms with Crippen molar-refractivity contribution in [1.82, 2.24) is 10.3 Å². The lowest BCUT2D eigenvalue weighted by Crippen LogP contribution is -2.56. The highest BCUT2D eigenvalue weighted by atomic mass is 19.3. The van der Waals surface area contributed by atoms with Crippen molar-refractivity contribution in [2.75, 3.05) is 31.2 Å². The molecule has 3 rings (SSSR count). The molecule has 1 aromatic rings. The van der Waals surface area contributed by atoms with Gasteiger partial charge in [-0.1, -0.05) is 13.8 Å². The molecule has 0 aromatic carbocycles. The summed E-state index contributed by atoms with van der Waals surface area (Å²) in [7, 11) is 0. The maximum Gasteiger partial charge on any atom is 0.282 e. The summed E-state index contributed by atoms with van der Waals surface area (Å²) in [6, 6.07) is 3.12. The number of pyridine rings is 1. The quantitative estimate of drug-likeness (QED) is 0.670. The maximum atomic E-state index is 13.3. The SMILES string of the molecule is CC(C)CC(C)(CO)NC(=O)c1ccc(N2CC(F)(F)C2)c(OCC2CC2)n1. The van der Waals surface area contributed by atoms with E-state index in [1.807, 2.05) is 13.8 Å². The summed E-state index contributed by atoms with van der Waals surface area (Å²) in [6.45, 7) is 5.33. The summed E-state index contributed by atoms with van der Waals surface area (Å²) in [6.07, 6.45) is 2.78. The second-order valence-corrected chi connectivity index (χ2v) is 8.76. The van der Waals surface area contributed by atoms with Crippen molar-refractivity contribution in [3.05, 3.63) is 17.8 Å². The van der Waals surface area contributed by atoms with Crippen molar-refractivity contribution >= 4 is 11.6 Å². The Morgan fingerprint density at radius 3 is 2.64 bits per heavy atom. The van der Waals surface area contributed by atoms with Gasteiger partial charge in [-0.2, -0.15) is 0 Å². The van der Waals surface area contributed by atoms with Gasteiger partial charge in [-0.05, 0) is 50.2 Å². The number of carbonyl (C=O) groups is 1. The summed E-state index contributed by atoms with van der Waals surface area (Å²) in [5.74, 6) is -2.16. The summed E-state index contributed by atoms with van der Waals surface area (Å²) >= 11 is 0. The zero-order valence-electron chi connectivity index (χ0n) is 16.7. The Morgan fingerprint density at radius 2 is 2.11 bits per heavy atom. The molecule has 1 unspecified atom stereocenters. The molecule has 8 heteroatoms. The van der Waals surface area contributed by atoms with Gasteiger partial charge in [-0.15, -0.1) is 0 Å². The molecule has 1 aliphatic heterocycles. The molecule has 0 radical (unpaired) electrons. The number of ether oxygens (including phenoxy) is 1. The zero-order valence-corrected chi connectivity index (χ0v) is 16.7. The van der Waals surface area contributed by atoms with Crippen molar-refractivity contribution in [2.45, 2.75) is 51.5 Å². The van der Waals surface area contributed by atoms with Crippen molar-refractivity contribution in [3.63, 3.8) is 0 Å². The molecule has 2 fully saturated rings. The maximum absolute atomic E-state index is 13.3. The van der Waals surface area contributed by atoms with Gasteiger partial charge in [0.1, 0.15) is 11.4 Å². The number of aliphatic hydroxyl groups excluding tert-OH is 1. The fraction of sp³-hybridized carbons (Fsp3) is 0.700. The molecular formula is C20H29F2N3O3. The number of nitrogens with one attached hydrogen (secondary N) is 1. The number of hydrogen-bond donors (Lipinski definition) is 2. The number of hydrogen-bond acceptors (Lipinski definition) is 5. The van der Waals surface area contributed by atoms with Crippen LogP contribution in [0, 0.1) is 11.8 Å². The summed E-state index contributed by atoms with van der Waals surface area (Å²) in [5, 5.41) is 12.5. The average molecular weight is 397 g/mol. The van der Waals surface area contributed by atoms with E-state index in [1.165, 1.54) is 11.0 Å². The summed E-state index contributed by atoms with van der Waals surface area (Å²) in [4.78, 5) is 18.5. The van der Waals surface area contributed by atoms with Crippen molar-refractivity contribution in [1.29, 1.82) is 0 Å². The molecule has 1 saturated carbocycles. The lowest BCUT2D eigenvalue weighted by Gasteiger charge is -2.40. The minimum Gasteiger partial charge on any atom is -0.476 e. The van der Waals surface area contributed by atoms with Crippen LogP contribution in [0.2, 0.25) is 0 Å². The Labute approximate surface area is 164 Å². The molecule has 2 N–H and O–H groups in total. The predicted molar refractivity (Wildman–Crippen MR) is 102 cm³/mol. The topological polar surface area (TPSA) is 74.7 Å². The van der Waals surface area contributed by atoms with Crippen molar-refractivity contribution in [3.8, 4) is 5.88 Å². The Balaban J connectivity index is 1.76. The van der Waals surface area contributed by atoms with E-state index in [0.717, 1.165) is 12.8 Å². The number of rotatable bonds is 9. The van der Waals surface area contributed by atoms with Gasteiger partial charge >= 0.3 is 0 Å². The van der Waals surface area contributed by atoms with E-state index in [9.17, 15) is 18.7 Å². The largest absolute Gasteiger partial charge is 0.476 e. The zero-order chi connectivity index (χ0) is 20.5. The van der Waals surface area contributed by atoms with Gasteiger partial charge in [0.15, 0.2) is 0 Å². The lowest BCUT2D eigenvalue weighted by atomic mass is 9.91. The first-order chi connectivity index (χ1) is 13.1. The second-order valence-electron chi connectivity index (χ2n) is 8.76. The van der Waals surface area contributed by atoms with Crippen LogP contribution in [-0.2, 0) is 0 Å². The molecule has 1 amide bonds. The number of aromatic nitrogens is 1. The van der Waals surface area contributed by atoms with Crippen LogP contribution in [0.25, 0.3) is 0 Å². The Kier molecular flexibility index (Phi) is 5.79. The van der Waals surface area contributed by atoms with Crippen LogP contribution >= 0.6 is 0 Å². The van der Waals surface area contributed by atoms with E-state index in [1.54, 1.807) is 13.0 Å². The molecule has 2 aliphatic rings. The van der Waals surface area contributed by atoms with Gasteiger partial charge in [0.25, 0.3) is 11.8 Å². The highest BCUT2D eigenvalue weighted by Crippen LogP contribution is 2.38. The van der Waals surface area contributed by atoms with Crippen LogP contribution in [0.15, 0.2) is 12.1 Å². The van der Waals surface area contributed by atoms with Crippen LogP contribution in [0.5, 0.6) is 5.88 Å². The molecule has 1 atom stereocenters. The number of carbonyl (C=O) groups excluding carboxylic acids is 1. The van der Waals surface area contributed by atoms with E-state index < -0.39 is 17.4 Å². The monoisotopic (exact) mass is 397 g/mol. The smallest absolute Gasteiger partial charge is 0.282 e. The first-order valence-corrected chi connectivity index (χ1v) is 9.81. The highest BCUT2D eigenvalue weighted by molar-refractivity contribution is 5.93. The van der Waals surface area contributed by atoms with E-state index in [4.69, 9.17) is 4.74 Å². The number of nitrogens with zero attached hydrogens (tertiary/aromatic N) is 2. The molecule has 2 heterocycles. The van der Waals surface area contributed by atoms with Gasteiger partial charge in [0, 0.05) is 0 Å². The second kappa shape index (κ2) is 7.81. The molecule has 1 aromatic heterocycles. The third kappa shape index (κ3) is 5.10. The predicted octanol–water partition coefficient (Wildman–Crippen LogP) is 2.85. The van der Waals surface area contributed by atoms with Gasteiger partial charge in [0.05, 0.1) is 31.8 Å². The highest BCUT2D eigenvalue weighted by Gasteiger charge is 2.45. The molecule has 6 nitrogen and oxygen atoms in total. The third-order valence-corrected chi connectivity index (χ3v) is 5.03. The molecule has 0 spiro atoms. The third-order valence-electron chi connectivity index (χ3n) is 5.03. The normalized spacial score (nSPS) is 20.5. The fourth-order valence-electron chi connectivity index (χ4n) is 3.46. The first-order valence-electron chi connectivity index (χ1n) is 9.81. The molecule has 156 valence electrons. The summed E-state index contributed by atoms with van der Waals surface area (Å²) in [5.41, 5.74) is -0.138. The molecular weight excluding hydrogens is 368 g/mol. The van der Waals surface area contributed by atoms with Gasteiger partial charge in [0.2, 0.25) is 5.88 Å². The minimum atomic E-state index is -2.70. The molecule has 0 bridgehead atoms. The Bertz CT molecular complexity index is 717. The van der Waals surface area contributed by atoms with E-state index >= 15 is 0 Å². The van der Waals surface area contributed by atoms with E-state index in [0.29, 0.717) is 30.6 Å². The van der Waals surface area contributed by atoms with Gasteiger partial charge < -0.3 is 20.1 Å². The van der Waals surface area contributed by atoms with Gasteiger partial charge in [-0.3, -0.25) is 4.79 Å². The van der Waals surface area contributed by atoms with Crippen LogP contribution in [0.1, 0.15) is 50.5 Å². The number of amides is 1. The number of aliphatic hydroxyl groups is 1. The lowest BCUT2D eigenvalue weighted by molar-refractivity contribution is -0.0265.